The molecule has 0 radical (unpaired) electrons. The van der Waals surface area contributed by atoms with E-state index in [4.69, 9.17) is 5.11 Å². The predicted octanol–water partition coefficient (Wildman–Crippen LogP) is 1.23. The van der Waals surface area contributed by atoms with Gasteiger partial charge in [-0.25, -0.2) is 4.79 Å². The third-order valence-corrected chi connectivity index (χ3v) is 1.86. The highest BCUT2D eigenvalue weighted by molar-refractivity contribution is 5.78. The molecule has 0 fully saturated rings. The Bertz CT molecular complexity index is 365. The summed E-state index contributed by atoms with van der Waals surface area (Å²) < 4.78 is 31.0. The molecule has 0 spiro atoms. The van der Waals surface area contributed by atoms with Crippen molar-refractivity contribution in [1.29, 1.82) is 0 Å². The quantitative estimate of drug-likeness (QED) is 0.792. The van der Waals surface area contributed by atoms with Crippen LogP contribution in [0.25, 0.3) is 0 Å². The van der Waals surface area contributed by atoms with E-state index in [0.717, 1.165) is 12.3 Å². The van der Waals surface area contributed by atoms with Gasteiger partial charge >= 0.3 is 11.9 Å². The monoisotopic (exact) mass is 231 g/mol. The van der Waals surface area contributed by atoms with Crippen molar-refractivity contribution in [1.82, 2.24) is 4.98 Å². The number of rotatable bonds is 4. The maximum absolute atomic E-state index is 13.4. The number of nitrogens with zero attached hydrogens (tertiary/aromatic N) is 1. The maximum Gasteiger partial charge on any atom is 0.384 e. The van der Waals surface area contributed by atoms with Crippen LogP contribution in [0.1, 0.15) is 18.2 Å². The molecule has 88 valence electrons. The molecule has 0 aromatic carbocycles. The molecule has 1 rings (SSSR count). The zero-order valence-corrected chi connectivity index (χ0v) is 8.61. The number of aromatic nitrogens is 1. The van der Waals surface area contributed by atoms with Gasteiger partial charge in [-0.15, -0.1) is 0 Å². The number of aliphatic hydroxyl groups is 1. The lowest BCUT2D eigenvalue weighted by Gasteiger charge is -2.13. The molecule has 0 atom stereocenters. The summed E-state index contributed by atoms with van der Waals surface area (Å²) in [4.78, 5) is 14.4. The predicted molar refractivity (Wildman–Crippen MR) is 50.7 cm³/mol. The number of carbonyl (C=O) groups is 1. The second-order valence-corrected chi connectivity index (χ2v) is 3.00. The van der Waals surface area contributed by atoms with Gasteiger partial charge in [0.05, 0.1) is 13.2 Å². The fourth-order valence-corrected chi connectivity index (χ4v) is 1.03. The Kier molecular flexibility index (Phi) is 3.89. The van der Waals surface area contributed by atoms with Crippen molar-refractivity contribution >= 4 is 5.97 Å². The molecule has 0 bridgehead atoms. The van der Waals surface area contributed by atoms with Crippen LogP contribution in [0.3, 0.4) is 0 Å². The molecule has 0 unspecified atom stereocenters. The van der Waals surface area contributed by atoms with Crippen LogP contribution in [-0.4, -0.2) is 22.7 Å². The lowest BCUT2D eigenvalue weighted by Crippen LogP contribution is -2.29. The van der Waals surface area contributed by atoms with Gasteiger partial charge in [0.15, 0.2) is 0 Å². The van der Waals surface area contributed by atoms with Gasteiger partial charge in [-0.3, -0.25) is 4.98 Å². The first-order valence-corrected chi connectivity index (χ1v) is 4.63. The molecule has 1 aromatic rings. The molecule has 0 saturated heterocycles. The molecular weight excluding hydrogens is 220 g/mol. The van der Waals surface area contributed by atoms with Crippen molar-refractivity contribution in [2.45, 2.75) is 19.5 Å². The third kappa shape index (κ3) is 2.52. The van der Waals surface area contributed by atoms with Crippen molar-refractivity contribution in [2.75, 3.05) is 6.61 Å². The van der Waals surface area contributed by atoms with Gasteiger partial charge in [0.1, 0.15) is 5.69 Å². The standard InChI is InChI=1S/C10H11F2NO3/c1-2-16-9(15)10(11,12)8-4-3-7(6-14)5-13-8/h3-5,14H,2,6H2,1H3. The molecule has 0 amide bonds. The van der Waals surface area contributed by atoms with E-state index in [1.165, 1.54) is 13.0 Å². The summed E-state index contributed by atoms with van der Waals surface area (Å²) in [7, 11) is 0. The van der Waals surface area contributed by atoms with Gasteiger partial charge in [-0.1, -0.05) is 6.07 Å². The smallest absolute Gasteiger partial charge is 0.384 e. The molecule has 0 saturated carbocycles. The number of alkyl halides is 2. The normalized spacial score (nSPS) is 11.2. The van der Waals surface area contributed by atoms with Crippen LogP contribution in [0, 0.1) is 0 Å². The Balaban J connectivity index is 2.93. The molecule has 1 aromatic heterocycles. The zero-order chi connectivity index (χ0) is 12.2. The fraction of sp³-hybridized carbons (Fsp3) is 0.400. The molecule has 0 aliphatic heterocycles. The van der Waals surface area contributed by atoms with Crippen LogP contribution in [0.15, 0.2) is 18.3 Å². The first kappa shape index (κ1) is 12.5. The zero-order valence-electron chi connectivity index (χ0n) is 8.61. The van der Waals surface area contributed by atoms with E-state index in [9.17, 15) is 13.6 Å². The van der Waals surface area contributed by atoms with Crippen LogP contribution >= 0.6 is 0 Å². The minimum Gasteiger partial charge on any atom is -0.461 e. The number of hydrogen-bond acceptors (Lipinski definition) is 4. The van der Waals surface area contributed by atoms with E-state index in [1.807, 2.05) is 0 Å². The van der Waals surface area contributed by atoms with Crippen molar-refractivity contribution in [2.24, 2.45) is 0 Å². The number of carbonyl (C=O) groups excluding carboxylic acids is 1. The largest absolute Gasteiger partial charge is 0.461 e. The first-order chi connectivity index (χ1) is 7.52. The number of esters is 1. The minimum atomic E-state index is -3.76. The van der Waals surface area contributed by atoms with E-state index in [0.29, 0.717) is 5.56 Å². The number of halogens is 2. The lowest BCUT2D eigenvalue weighted by molar-refractivity contribution is -0.173. The highest BCUT2D eigenvalue weighted by Crippen LogP contribution is 2.27. The van der Waals surface area contributed by atoms with Crippen LogP contribution < -0.4 is 0 Å². The summed E-state index contributed by atoms with van der Waals surface area (Å²) >= 11 is 0. The Morgan fingerprint density at radius 2 is 2.25 bits per heavy atom. The molecular formula is C10H11F2NO3. The maximum atomic E-state index is 13.4. The van der Waals surface area contributed by atoms with Crippen LogP contribution in [-0.2, 0) is 22.1 Å². The van der Waals surface area contributed by atoms with Gasteiger partial charge in [0.2, 0.25) is 0 Å². The summed E-state index contributed by atoms with van der Waals surface area (Å²) in [6.45, 7) is 1.03. The number of hydrogen-bond donors (Lipinski definition) is 1. The number of ether oxygens (including phenoxy) is 1. The van der Waals surface area contributed by atoms with E-state index in [-0.39, 0.29) is 13.2 Å². The molecule has 1 N–H and O–H groups in total. The summed E-state index contributed by atoms with van der Waals surface area (Å²) in [5, 5.41) is 8.71. The van der Waals surface area contributed by atoms with E-state index in [1.54, 1.807) is 0 Å². The van der Waals surface area contributed by atoms with Crippen LogP contribution in [0.5, 0.6) is 0 Å². The Hall–Kier alpha value is -1.56. The average Bonchev–Trinajstić information content (AvgIpc) is 2.29. The molecule has 16 heavy (non-hydrogen) atoms. The van der Waals surface area contributed by atoms with Crippen LogP contribution in [0.4, 0.5) is 8.78 Å². The Morgan fingerprint density at radius 3 is 2.69 bits per heavy atom. The molecule has 1 heterocycles. The van der Waals surface area contributed by atoms with Gasteiger partial charge in [0.25, 0.3) is 0 Å². The fourth-order valence-electron chi connectivity index (χ4n) is 1.03. The van der Waals surface area contributed by atoms with Crippen molar-refractivity contribution in [3.05, 3.63) is 29.6 Å². The molecule has 0 aliphatic carbocycles. The Labute approximate surface area is 90.9 Å². The summed E-state index contributed by atoms with van der Waals surface area (Å²) in [6, 6.07) is 2.26. The van der Waals surface area contributed by atoms with E-state index < -0.39 is 17.6 Å². The third-order valence-electron chi connectivity index (χ3n) is 1.86. The first-order valence-electron chi connectivity index (χ1n) is 4.63. The average molecular weight is 231 g/mol. The molecule has 6 heteroatoms. The minimum absolute atomic E-state index is 0.122. The highest BCUT2D eigenvalue weighted by Gasteiger charge is 2.44. The van der Waals surface area contributed by atoms with Gasteiger partial charge in [-0.05, 0) is 18.6 Å². The summed E-state index contributed by atoms with van der Waals surface area (Å²) in [5.41, 5.74) is -0.299. The van der Waals surface area contributed by atoms with Gasteiger partial charge in [-0.2, -0.15) is 8.78 Å². The topological polar surface area (TPSA) is 59.4 Å². The SMILES string of the molecule is CCOC(=O)C(F)(F)c1ccc(CO)cn1. The van der Waals surface area contributed by atoms with Crippen molar-refractivity contribution < 1.29 is 23.4 Å². The lowest BCUT2D eigenvalue weighted by atomic mass is 10.2. The van der Waals surface area contributed by atoms with E-state index >= 15 is 0 Å². The van der Waals surface area contributed by atoms with E-state index in [2.05, 4.69) is 9.72 Å². The second kappa shape index (κ2) is 4.98. The van der Waals surface area contributed by atoms with Gasteiger partial charge < -0.3 is 9.84 Å². The van der Waals surface area contributed by atoms with Crippen molar-refractivity contribution in [3.63, 3.8) is 0 Å². The van der Waals surface area contributed by atoms with Gasteiger partial charge in [0, 0.05) is 6.20 Å². The number of pyridine rings is 1. The molecule has 4 nitrogen and oxygen atoms in total. The summed E-state index contributed by atoms with van der Waals surface area (Å²) in [5.74, 6) is -5.39. The Morgan fingerprint density at radius 1 is 1.56 bits per heavy atom. The molecule has 0 aliphatic rings. The summed E-state index contributed by atoms with van der Waals surface area (Å²) in [6.07, 6.45) is 1.09. The van der Waals surface area contributed by atoms with Crippen LogP contribution in [0.2, 0.25) is 0 Å². The second-order valence-electron chi connectivity index (χ2n) is 3.00. The van der Waals surface area contributed by atoms with Crippen molar-refractivity contribution in [3.8, 4) is 0 Å². The highest BCUT2D eigenvalue weighted by atomic mass is 19.3. The number of aliphatic hydroxyl groups excluding tert-OH is 1.